The van der Waals surface area contributed by atoms with Crippen molar-refractivity contribution in [1.82, 2.24) is 14.7 Å². The van der Waals surface area contributed by atoms with Gasteiger partial charge >= 0.3 is 0 Å². The van der Waals surface area contributed by atoms with Crippen LogP contribution in [0.4, 0.5) is 0 Å². The molecule has 0 aromatic heterocycles. The molecule has 0 aromatic rings. The number of halogens is 1. The first-order valence-corrected chi connectivity index (χ1v) is 6.90. The molecule has 0 saturated carbocycles. The van der Waals surface area contributed by atoms with E-state index >= 15 is 0 Å². The van der Waals surface area contributed by atoms with Crippen molar-refractivity contribution in [2.75, 3.05) is 48.8 Å². The first-order chi connectivity index (χ1) is 8.34. The van der Waals surface area contributed by atoms with Gasteiger partial charge in [0, 0.05) is 34.2 Å². The second kappa shape index (κ2) is 10.7. The highest BCUT2D eigenvalue weighted by Crippen LogP contribution is 2.17. The lowest BCUT2D eigenvalue weighted by molar-refractivity contribution is 0.205. The lowest BCUT2D eigenvalue weighted by Gasteiger charge is -2.31. The Morgan fingerprint density at radius 3 is 1.58 bits per heavy atom. The largest absolute Gasteiger partial charge is 0.349 e. The van der Waals surface area contributed by atoms with Gasteiger partial charge in [-0.05, 0) is 20.0 Å². The van der Waals surface area contributed by atoms with Gasteiger partial charge in [-0.15, -0.1) is 24.0 Å². The Kier molecular flexibility index (Phi) is 12.0. The van der Waals surface area contributed by atoms with Crippen LogP contribution in [-0.4, -0.2) is 75.5 Å². The molecule has 0 saturated heterocycles. The highest BCUT2D eigenvalue weighted by molar-refractivity contribution is 14.0. The zero-order valence-electron chi connectivity index (χ0n) is 14.0. The minimum absolute atomic E-state index is 0. The molecule has 0 aromatic carbocycles. The smallest absolute Gasteiger partial charge is 0.195 e. The van der Waals surface area contributed by atoms with Gasteiger partial charge in [-0.2, -0.15) is 0 Å². The first-order valence-electron chi connectivity index (χ1n) is 6.90. The van der Waals surface area contributed by atoms with Crippen molar-refractivity contribution in [1.29, 1.82) is 0 Å². The maximum atomic E-state index is 4.79. The molecular formula is C14H33IN4. The number of hydrogen-bond acceptors (Lipinski definition) is 2. The minimum atomic E-state index is 0. The Hall–Kier alpha value is -0.0400. The summed E-state index contributed by atoms with van der Waals surface area (Å²) in [7, 11) is 12.5. The fraction of sp³-hybridized carbons (Fsp3) is 0.929. The average Bonchev–Trinajstić information content (AvgIpc) is 2.27. The SMILES string of the molecule is CCC(CC)C(CN=C(N(C)C)N(C)C)N(C)C.I. The summed E-state index contributed by atoms with van der Waals surface area (Å²) in [6.45, 7) is 5.41. The Bertz CT molecular complexity index is 238. The lowest BCUT2D eigenvalue weighted by Crippen LogP contribution is -2.40. The molecule has 4 nitrogen and oxygen atoms in total. The molecule has 0 heterocycles. The summed E-state index contributed by atoms with van der Waals surface area (Å²) in [6, 6.07) is 0.523. The van der Waals surface area contributed by atoms with Crippen LogP contribution in [0, 0.1) is 5.92 Å². The predicted octanol–water partition coefficient (Wildman–Crippen LogP) is 2.45. The summed E-state index contributed by atoms with van der Waals surface area (Å²) in [5, 5.41) is 0. The normalized spacial score (nSPS) is 12.1. The van der Waals surface area contributed by atoms with E-state index < -0.39 is 0 Å². The van der Waals surface area contributed by atoms with Crippen LogP contribution in [0.15, 0.2) is 4.99 Å². The van der Waals surface area contributed by atoms with Gasteiger partial charge < -0.3 is 14.7 Å². The molecule has 116 valence electrons. The Morgan fingerprint density at radius 2 is 1.32 bits per heavy atom. The van der Waals surface area contributed by atoms with Gasteiger partial charge in [0.15, 0.2) is 5.96 Å². The predicted molar refractivity (Wildman–Crippen MR) is 96.6 cm³/mol. The van der Waals surface area contributed by atoms with Crippen molar-refractivity contribution in [2.45, 2.75) is 32.7 Å². The molecule has 0 spiro atoms. The third-order valence-electron chi connectivity index (χ3n) is 3.48. The minimum Gasteiger partial charge on any atom is -0.349 e. The fourth-order valence-corrected chi connectivity index (χ4v) is 2.42. The monoisotopic (exact) mass is 384 g/mol. The van der Waals surface area contributed by atoms with Gasteiger partial charge in [0.2, 0.25) is 0 Å². The molecule has 0 aliphatic rings. The van der Waals surface area contributed by atoms with Crippen molar-refractivity contribution in [2.24, 2.45) is 10.9 Å². The standard InChI is InChI=1S/C14H32N4.HI/c1-9-12(10-2)13(16(3)4)11-15-14(17(5)6)18(7)8;/h12-13H,9-11H2,1-8H3;1H. The van der Waals surface area contributed by atoms with Crippen molar-refractivity contribution in [3.8, 4) is 0 Å². The van der Waals surface area contributed by atoms with E-state index in [9.17, 15) is 0 Å². The third-order valence-corrected chi connectivity index (χ3v) is 3.48. The molecule has 5 heteroatoms. The molecule has 0 radical (unpaired) electrons. The second-order valence-electron chi connectivity index (χ2n) is 5.54. The van der Waals surface area contributed by atoms with E-state index in [1.165, 1.54) is 12.8 Å². The van der Waals surface area contributed by atoms with E-state index in [-0.39, 0.29) is 24.0 Å². The third kappa shape index (κ3) is 7.34. The maximum absolute atomic E-state index is 4.79. The lowest BCUT2D eigenvalue weighted by atomic mass is 9.93. The van der Waals surface area contributed by atoms with E-state index in [1.54, 1.807) is 0 Å². The van der Waals surface area contributed by atoms with E-state index in [0.29, 0.717) is 12.0 Å². The molecule has 0 fully saturated rings. The molecule has 0 bridgehead atoms. The van der Waals surface area contributed by atoms with E-state index in [1.807, 2.05) is 28.2 Å². The molecule has 0 aliphatic heterocycles. The Balaban J connectivity index is 0. The van der Waals surface area contributed by atoms with Crippen LogP contribution < -0.4 is 0 Å². The van der Waals surface area contributed by atoms with Crippen molar-refractivity contribution < 1.29 is 0 Å². The highest BCUT2D eigenvalue weighted by Gasteiger charge is 2.20. The summed E-state index contributed by atoms with van der Waals surface area (Å²) >= 11 is 0. The topological polar surface area (TPSA) is 22.1 Å². The van der Waals surface area contributed by atoms with E-state index in [0.717, 1.165) is 12.5 Å². The van der Waals surface area contributed by atoms with Gasteiger partial charge in [0.1, 0.15) is 0 Å². The zero-order chi connectivity index (χ0) is 14.3. The summed E-state index contributed by atoms with van der Waals surface area (Å²) in [5.41, 5.74) is 0. The second-order valence-corrected chi connectivity index (χ2v) is 5.54. The first kappa shape index (κ1) is 21.3. The number of rotatable bonds is 6. The molecule has 1 atom stereocenters. The molecule has 0 aliphatic carbocycles. The number of aliphatic imine (C=N–C) groups is 1. The van der Waals surface area contributed by atoms with Gasteiger partial charge in [0.05, 0.1) is 6.54 Å². The van der Waals surface area contributed by atoms with E-state index in [4.69, 9.17) is 4.99 Å². The molecule has 0 amide bonds. The molecular weight excluding hydrogens is 351 g/mol. The average molecular weight is 384 g/mol. The molecule has 0 rings (SSSR count). The maximum Gasteiger partial charge on any atom is 0.195 e. The van der Waals surface area contributed by atoms with Gasteiger partial charge in [0.25, 0.3) is 0 Å². The van der Waals surface area contributed by atoms with Crippen LogP contribution in [-0.2, 0) is 0 Å². The number of hydrogen-bond donors (Lipinski definition) is 0. The number of guanidine groups is 1. The summed E-state index contributed by atoms with van der Waals surface area (Å²) in [6.07, 6.45) is 2.43. The van der Waals surface area contributed by atoms with Crippen molar-refractivity contribution in [3.63, 3.8) is 0 Å². The van der Waals surface area contributed by atoms with Crippen molar-refractivity contribution >= 4 is 29.9 Å². The Morgan fingerprint density at radius 1 is 0.895 bits per heavy atom. The van der Waals surface area contributed by atoms with E-state index in [2.05, 4.69) is 42.6 Å². The quantitative estimate of drug-likeness (QED) is 0.399. The van der Waals surface area contributed by atoms with Gasteiger partial charge in [-0.25, -0.2) is 0 Å². The number of nitrogens with zero attached hydrogens (tertiary/aromatic N) is 4. The van der Waals surface area contributed by atoms with Gasteiger partial charge in [-0.3, -0.25) is 4.99 Å². The van der Waals surface area contributed by atoms with Crippen LogP contribution in [0.5, 0.6) is 0 Å². The fourth-order valence-electron chi connectivity index (χ4n) is 2.42. The summed E-state index contributed by atoms with van der Waals surface area (Å²) < 4.78 is 0. The van der Waals surface area contributed by atoms with Crippen molar-refractivity contribution in [3.05, 3.63) is 0 Å². The van der Waals surface area contributed by atoms with Crippen LogP contribution in [0.3, 0.4) is 0 Å². The molecule has 1 unspecified atom stereocenters. The Labute approximate surface area is 137 Å². The van der Waals surface area contributed by atoms with Crippen LogP contribution >= 0.6 is 24.0 Å². The van der Waals surface area contributed by atoms with Gasteiger partial charge in [-0.1, -0.05) is 26.7 Å². The highest BCUT2D eigenvalue weighted by atomic mass is 127. The molecule has 0 N–H and O–H groups in total. The van der Waals surface area contributed by atoms with Crippen LogP contribution in [0.1, 0.15) is 26.7 Å². The summed E-state index contributed by atoms with van der Waals surface area (Å²) in [5.74, 6) is 1.75. The number of likely N-dealkylation sites (N-methyl/N-ethyl adjacent to an activating group) is 1. The summed E-state index contributed by atoms with van der Waals surface area (Å²) in [4.78, 5) is 11.2. The van der Waals surface area contributed by atoms with Crippen LogP contribution in [0.25, 0.3) is 0 Å². The van der Waals surface area contributed by atoms with Crippen LogP contribution in [0.2, 0.25) is 0 Å². The molecule has 19 heavy (non-hydrogen) atoms. The zero-order valence-corrected chi connectivity index (χ0v) is 16.3.